The zero-order chi connectivity index (χ0) is 32.7. The number of nitrogens with zero attached hydrogens (tertiary/aromatic N) is 3. The number of anilines is 1. The molecule has 0 radical (unpaired) electrons. The summed E-state index contributed by atoms with van der Waals surface area (Å²) < 4.78 is 11.2. The van der Waals surface area contributed by atoms with Gasteiger partial charge in [-0.2, -0.15) is 0 Å². The molecule has 4 N–H and O–H groups in total. The Morgan fingerprint density at radius 3 is 2.54 bits per heavy atom. The summed E-state index contributed by atoms with van der Waals surface area (Å²) in [5.74, 6) is -0.473. The molecule has 13 heteroatoms. The van der Waals surface area contributed by atoms with E-state index in [0.717, 1.165) is 35.6 Å². The van der Waals surface area contributed by atoms with Crippen LogP contribution in [0, 0.1) is 5.92 Å². The third-order valence-electron chi connectivity index (χ3n) is 8.73. The predicted octanol–water partition coefficient (Wildman–Crippen LogP) is 3.82. The number of hydrogen-bond donors (Lipinski definition) is 4. The lowest BCUT2D eigenvalue weighted by Crippen LogP contribution is -2.51. The maximum Gasteiger partial charge on any atom is 0.264 e. The number of aliphatic hydroxyl groups is 2. The number of aliphatic hydroxyl groups excluding tert-OH is 2. The second-order valence-electron chi connectivity index (χ2n) is 11.7. The molecule has 1 saturated heterocycles. The van der Waals surface area contributed by atoms with Gasteiger partial charge in [0.05, 0.1) is 47.3 Å². The Balaban J connectivity index is 1.29. The van der Waals surface area contributed by atoms with E-state index in [1.54, 1.807) is 32.4 Å². The molecule has 1 aromatic heterocycles. The van der Waals surface area contributed by atoms with Crippen LogP contribution in [0.5, 0.6) is 5.88 Å². The zero-order valence-corrected chi connectivity index (χ0v) is 27.1. The normalized spacial score (nSPS) is 22.6. The molecule has 1 unspecified atom stereocenters. The number of nitrogens with one attached hydrogen (secondary N) is 2. The van der Waals surface area contributed by atoms with Crippen LogP contribution in [0.15, 0.2) is 54.2 Å². The summed E-state index contributed by atoms with van der Waals surface area (Å²) in [5, 5.41) is 27.9. The van der Waals surface area contributed by atoms with E-state index in [1.165, 1.54) is 18.1 Å². The minimum absolute atomic E-state index is 0.149. The number of fused-ring (bicyclic) bond motifs is 1. The first-order chi connectivity index (χ1) is 22.1. The molecule has 0 bridgehead atoms. The van der Waals surface area contributed by atoms with Crippen molar-refractivity contribution in [2.75, 3.05) is 46.3 Å². The Morgan fingerprint density at radius 1 is 1.11 bits per heavy atom. The number of halogens is 2. The van der Waals surface area contributed by atoms with Crippen LogP contribution in [-0.4, -0.2) is 90.2 Å². The number of aromatic nitrogens is 1. The van der Waals surface area contributed by atoms with Crippen molar-refractivity contribution in [1.82, 2.24) is 20.1 Å². The van der Waals surface area contributed by atoms with Crippen molar-refractivity contribution >= 4 is 40.7 Å². The summed E-state index contributed by atoms with van der Waals surface area (Å²) in [5.41, 5.74) is 4.29. The molecule has 11 nitrogen and oxygen atoms in total. The van der Waals surface area contributed by atoms with Crippen LogP contribution in [0.2, 0.25) is 10.0 Å². The minimum Gasteiger partial charge on any atom is -0.481 e. The standard InChI is InChI=1S/C33H35Cl2N5O6/c1-39-15-22(32(43)40(2)33(39)44)30(42)37-23-9-5-7-20(28(23)35)19-6-4-8-21(27(19)34)24-12-18-13-25(41)29(26(18)31(38-24)45-3)36-14-17-10-11-46-16-17/h4-9,12,15,17,25,29,33,36,41,44H,10-11,13-14,16H2,1-3H3,(H,37,42)/t17-,25+,29+,33?/m1/s1. The molecule has 4 atom stereocenters. The lowest BCUT2D eigenvalue weighted by molar-refractivity contribution is -0.148. The van der Waals surface area contributed by atoms with Crippen LogP contribution < -0.4 is 15.4 Å². The first kappa shape index (κ1) is 32.2. The smallest absolute Gasteiger partial charge is 0.264 e. The Labute approximate surface area is 276 Å². The Hall–Kier alpha value is -3.71. The lowest BCUT2D eigenvalue weighted by atomic mass is 9.99. The van der Waals surface area contributed by atoms with Crippen molar-refractivity contribution in [2.45, 2.75) is 31.3 Å². The first-order valence-corrected chi connectivity index (χ1v) is 15.7. The Kier molecular flexibility index (Phi) is 9.24. The summed E-state index contributed by atoms with van der Waals surface area (Å²) in [6, 6.07) is 12.3. The monoisotopic (exact) mass is 667 g/mol. The van der Waals surface area contributed by atoms with Gasteiger partial charge in [-0.1, -0.05) is 53.5 Å². The number of methoxy groups -OCH3 is 1. The molecule has 0 saturated carbocycles. The second-order valence-corrected chi connectivity index (χ2v) is 12.5. The highest BCUT2D eigenvalue weighted by atomic mass is 35.5. The van der Waals surface area contributed by atoms with Crippen LogP contribution >= 0.6 is 23.2 Å². The van der Waals surface area contributed by atoms with Gasteiger partial charge in [-0.15, -0.1) is 0 Å². The van der Waals surface area contributed by atoms with Crippen molar-refractivity contribution < 1.29 is 29.3 Å². The molecule has 3 heterocycles. The Morgan fingerprint density at radius 2 is 1.83 bits per heavy atom. The summed E-state index contributed by atoms with van der Waals surface area (Å²) in [7, 11) is 4.52. The largest absolute Gasteiger partial charge is 0.481 e. The van der Waals surface area contributed by atoms with Crippen LogP contribution in [0.4, 0.5) is 5.69 Å². The fourth-order valence-corrected chi connectivity index (χ4v) is 6.80. The number of rotatable bonds is 8. The van der Waals surface area contributed by atoms with E-state index >= 15 is 0 Å². The molecule has 2 amide bonds. The van der Waals surface area contributed by atoms with Crippen LogP contribution in [0.25, 0.3) is 22.4 Å². The number of ether oxygens (including phenoxy) is 2. The van der Waals surface area contributed by atoms with Crippen LogP contribution in [-0.2, 0) is 20.7 Å². The second kappa shape index (κ2) is 13.2. The van der Waals surface area contributed by atoms with E-state index in [1.807, 2.05) is 24.3 Å². The van der Waals surface area contributed by atoms with Crippen molar-refractivity contribution in [1.29, 1.82) is 0 Å². The number of carbonyl (C=O) groups excluding carboxylic acids is 2. The number of hydrogen-bond acceptors (Lipinski definition) is 9. The van der Waals surface area contributed by atoms with Gasteiger partial charge in [0, 0.05) is 62.1 Å². The van der Waals surface area contributed by atoms with Gasteiger partial charge >= 0.3 is 0 Å². The maximum absolute atomic E-state index is 13.1. The van der Waals surface area contributed by atoms with E-state index in [4.69, 9.17) is 37.7 Å². The highest BCUT2D eigenvalue weighted by Gasteiger charge is 2.36. The Bertz CT molecular complexity index is 1710. The molecule has 1 aliphatic carbocycles. The van der Waals surface area contributed by atoms with Gasteiger partial charge in [-0.05, 0) is 30.0 Å². The van der Waals surface area contributed by atoms with Gasteiger partial charge in [0.25, 0.3) is 11.8 Å². The van der Waals surface area contributed by atoms with E-state index in [0.29, 0.717) is 52.2 Å². The van der Waals surface area contributed by atoms with E-state index in [-0.39, 0.29) is 22.3 Å². The first-order valence-electron chi connectivity index (χ1n) is 14.9. The van der Waals surface area contributed by atoms with Crippen LogP contribution in [0.3, 0.4) is 0 Å². The third-order valence-corrected chi connectivity index (χ3v) is 9.54. The molecule has 1 fully saturated rings. The maximum atomic E-state index is 13.1. The molecular weight excluding hydrogens is 633 g/mol. The topological polar surface area (TPSA) is 136 Å². The predicted molar refractivity (Wildman–Crippen MR) is 174 cm³/mol. The van der Waals surface area contributed by atoms with Gasteiger partial charge in [0.2, 0.25) is 12.2 Å². The van der Waals surface area contributed by atoms with Crippen LogP contribution in [0.1, 0.15) is 23.6 Å². The van der Waals surface area contributed by atoms with E-state index < -0.39 is 24.3 Å². The van der Waals surface area contributed by atoms with Crippen molar-refractivity contribution in [3.8, 4) is 28.3 Å². The fourth-order valence-electron chi connectivity index (χ4n) is 6.20. The summed E-state index contributed by atoms with van der Waals surface area (Å²) in [4.78, 5) is 33.0. The van der Waals surface area contributed by atoms with Gasteiger partial charge in [-0.25, -0.2) is 4.98 Å². The van der Waals surface area contributed by atoms with Crippen molar-refractivity contribution in [3.63, 3.8) is 0 Å². The van der Waals surface area contributed by atoms with Crippen molar-refractivity contribution in [2.24, 2.45) is 5.92 Å². The summed E-state index contributed by atoms with van der Waals surface area (Å²) in [6.45, 7) is 2.20. The van der Waals surface area contributed by atoms with Gasteiger partial charge < -0.3 is 35.2 Å². The molecule has 0 spiro atoms. The molecule has 6 rings (SSSR count). The van der Waals surface area contributed by atoms with E-state index in [2.05, 4.69) is 10.6 Å². The quantitative estimate of drug-likeness (QED) is 0.264. The average molecular weight is 669 g/mol. The number of amides is 2. The molecule has 2 aliphatic heterocycles. The SMILES string of the molecule is COc1nc(-c2cccc(-c3cccc(NC(=O)C4=CN(C)C(O)N(C)C4=O)c3Cl)c2Cl)cc2c1[C@@H](NC[C@H]1CCOC1)[C@@H](O)C2. The lowest BCUT2D eigenvalue weighted by Gasteiger charge is -2.35. The van der Waals surface area contributed by atoms with Gasteiger partial charge in [-0.3, -0.25) is 14.5 Å². The molecular formula is C33H35Cl2N5O6. The average Bonchev–Trinajstić information content (AvgIpc) is 3.68. The molecule has 3 aliphatic rings. The summed E-state index contributed by atoms with van der Waals surface area (Å²) >= 11 is 13.9. The minimum atomic E-state index is -1.18. The number of pyridine rings is 1. The van der Waals surface area contributed by atoms with E-state index in [9.17, 15) is 19.8 Å². The summed E-state index contributed by atoms with van der Waals surface area (Å²) in [6.07, 6.45) is 0.913. The fraction of sp³-hybridized carbons (Fsp3) is 0.364. The highest BCUT2D eigenvalue weighted by Crippen LogP contribution is 2.44. The number of carbonyl (C=O) groups is 2. The van der Waals surface area contributed by atoms with Crippen molar-refractivity contribution in [3.05, 3.63) is 75.4 Å². The molecule has 2 aromatic carbocycles. The molecule has 242 valence electrons. The highest BCUT2D eigenvalue weighted by molar-refractivity contribution is 6.40. The third kappa shape index (κ3) is 5.94. The molecule has 46 heavy (non-hydrogen) atoms. The molecule has 3 aromatic rings. The van der Waals surface area contributed by atoms with Gasteiger partial charge in [0.1, 0.15) is 5.57 Å². The zero-order valence-electron chi connectivity index (χ0n) is 25.6. The van der Waals surface area contributed by atoms with Gasteiger partial charge in [0.15, 0.2) is 0 Å². The number of likely N-dealkylation sites (N-methyl/N-ethyl adjacent to an activating group) is 1. The number of benzene rings is 2.